The molecular weight excluding hydrogens is 122 g/mol. The van der Waals surface area contributed by atoms with Gasteiger partial charge in [-0.1, -0.05) is 13.0 Å². The summed E-state index contributed by atoms with van der Waals surface area (Å²) < 4.78 is 0. The topological polar surface area (TPSA) is 3.24 Å². The highest BCUT2D eigenvalue weighted by atomic mass is 15.1. The monoisotopic (exact) mass is 141 g/mol. The predicted octanol–water partition coefficient (Wildman–Crippen LogP) is 2.29. The fourth-order valence-electron chi connectivity index (χ4n) is 0.856. The van der Waals surface area contributed by atoms with E-state index in [2.05, 4.69) is 39.3 Å². The van der Waals surface area contributed by atoms with Crippen LogP contribution >= 0.6 is 0 Å². The molecule has 10 heavy (non-hydrogen) atoms. The van der Waals surface area contributed by atoms with E-state index in [0.29, 0.717) is 12.1 Å². The number of hydrogen-bond donors (Lipinski definition) is 0. The number of hydrogen-bond acceptors (Lipinski definition) is 1. The first-order valence-electron chi connectivity index (χ1n) is 3.98. The normalized spacial score (nSPS) is 16.9. The third-order valence-electron chi connectivity index (χ3n) is 2.27. The van der Waals surface area contributed by atoms with Gasteiger partial charge in [-0.05, 0) is 27.3 Å². The Kier molecular flexibility index (Phi) is 4.37. The van der Waals surface area contributed by atoms with E-state index in [0.717, 1.165) is 0 Å². The van der Waals surface area contributed by atoms with E-state index in [1.807, 2.05) is 6.08 Å². The summed E-state index contributed by atoms with van der Waals surface area (Å²) in [4.78, 5) is 2.33. The van der Waals surface area contributed by atoms with Crippen molar-refractivity contribution in [3.05, 3.63) is 12.7 Å². The van der Waals surface area contributed by atoms with E-state index >= 15 is 0 Å². The second-order valence-corrected chi connectivity index (χ2v) is 2.90. The second-order valence-electron chi connectivity index (χ2n) is 2.90. The van der Waals surface area contributed by atoms with Crippen LogP contribution in [0.2, 0.25) is 0 Å². The fraction of sp³-hybridized carbons (Fsp3) is 0.778. The third kappa shape index (κ3) is 2.53. The van der Waals surface area contributed by atoms with Crippen LogP contribution in [0.3, 0.4) is 0 Å². The van der Waals surface area contributed by atoms with Crippen LogP contribution in [0.25, 0.3) is 0 Å². The molecule has 60 valence electrons. The molecule has 0 bridgehead atoms. The summed E-state index contributed by atoms with van der Waals surface area (Å²) in [6, 6.07) is 1.16. The zero-order valence-electron chi connectivity index (χ0n) is 7.59. The van der Waals surface area contributed by atoms with Crippen LogP contribution in [0.1, 0.15) is 27.2 Å². The molecule has 1 nitrogen and oxygen atoms in total. The van der Waals surface area contributed by atoms with Gasteiger partial charge in [-0.15, -0.1) is 6.58 Å². The molecule has 0 radical (unpaired) electrons. The smallest absolute Gasteiger partial charge is 0.0247 e. The summed E-state index contributed by atoms with van der Waals surface area (Å²) in [5, 5.41) is 0. The first-order valence-corrected chi connectivity index (χ1v) is 3.98. The highest BCUT2D eigenvalue weighted by Crippen LogP contribution is 2.05. The maximum Gasteiger partial charge on any atom is 0.0247 e. The van der Waals surface area contributed by atoms with Crippen molar-refractivity contribution in [1.82, 2.24) is 4.90 Å². The average molecular weight is 141 g/mol. The van der Waals surface area contributed by atoms with Gasteiger partial charge in [0.05, 0.1) is 0 Å². The molecule has 1 heteroatoms. The van der Waals surface area contributed by atoms with E-state index in [-0.39, 0.29) is 0 Å². The van der Waals surface area contributed by atoms with Crippen molar-refractivity contribution in [1.29, 1.82) is 0 Å². The van der Waals surface area contributed by atoms with Crippen molar-refractivity contribution in [3.8, 4) is 0 Å². The summed E-state index contributed by atoms with van der Waals surface area (Å²) >= 11 is 0. The average Bonchev–Trinajstić information content (AvgIpc) is 2.00. The van der Waals surface area contributed by atoms with Gasteiger partial charge in [0.15, 0.2) is 0 Å². The molecule has 2 unspecified atom stereocenters. The molecule has 0 amide bonds. The molecule has 0 aromatic heterocycles. The van der Waals surface area contributed by atoms with Crippen LogP contribution in [0, 0.1) is 0 Å². The molecule has 0 aromatic rings. The van der Waals surface area contributed by atoms with Crippen molar-refractivity contribution >= 4 is 0 Å². The van der Waals surface area contributed by atoms with Crippen LogP contribution in [0.4, 0.5) is 0 Å². The minimum atomic E-state index is 0.495. The van der Waals surface area contributed by atoms with Crippen molar-refractivity contribution in [2.75, 3.05) is 7.05 Å². The highest BCUT2D eigenvalue weighted by molar-refractivity contribution is 4.84. The van der Waals surface area contributed by atoms with Gasteiger partial charge in [-0.25, -0.2) is 0 Å². The molecule has 0 saturated heterocycles. The van der Waals surface area contributed by atoms with Crippen molar-refractivity contribution in [3.63, 3.8) is 0 Å². The second kappa shape index (κ2) is 4.51. The minimum absolute atomic E-state index is 0.495. The van der Waals surface area contributed by atoms with E-state index in [9.17, 15) is 0 Å². The summed E-state index contributed by atoms with van der Waals surface area (Å²) in [5.41, 5.74) is 0. The van der Waals surface area contributed by atoms with Crippen molar-refractivity contribution in [2.24, 2.45) is 0 Å². The maximum absolute atomic E-state index is 3.76. The molecule has 0 aliphatic carbocycles. The Balaban J connectivity index is 3.80. The number of rotatable bonds is 4. The Morgan fingerprint density at radius 3 is 2.30 bits per heavy atom. The molecular formula is C9H19N. The van der Waals surface area contributed by atoms with Gasteiger partial charge in [-0.3, -0.25) is 4.90 Å². The summed E-state index contributed by atoms with van der Waals surface area (Å²) in [6.07, 6.45) is 3.18. The van der Waals surface area contributed by atoms with Crippen LogP contribution in [0.15, 0.2) is 12.7 Å². The first-order chi connectivity index (χ1) is 4.63. The Bertz CT molecular complexity index is 98.9. The van der Waals surface area contributed by atoms with Crippen LogP contribution in [-0.2, 0) is 0 Å². The minimum Gasteiger partial charge on any atom is -0.298 e. The third-order valence-corrected chi connectivity index (χ3v) is 2.27. The highest BCUT2D eigenvalue weighted by Gasteiger charge is 2.09. The Morgan fingerprint density at radius 1 is 1.50 bits per heavy atom. The van der Waals surface area contributed by atoms with Crippen LogP contribution in [-0.4, -0.2) is 24.0 Å². The molecule has 0 heterocycles. The lowest BCUT2D eigenvalue weighted by atomic mass is 10.2. The number of nitrogens with zero attached hydrogens (tertiary/aromatic N) is 1. The lowest BCUT2D eigenvalue weighted by Gasteiger charge is -2.27. The molecule has 0 aliphatic heterocycles. The predicted molar refractivity (Wildman–Crippen MR) is 47.2 cm³/mol. The van der Waals surface area contributed by atoms with Gasteiger partial charge < -0.3 is 0 Å². The largest absolute Gasteiger partial charge is 0.298 e. The number of likely N-dealkylation sites (N-methyl/N-ethyl adjacent to an activating group) is 1. The fourth-order valence-corrected chi connectivity index (χ4v) is 0.856. The molecule has 0 N–H and O–H groups in total. The Hall–Kier alpha value is -0.300. The van der Waals surface area contributed by atoms with E-state index in [4.69, 9.17) is 0 Å². The van der Waals surface area contributed by atoms with Gasteiger partial charge >= 0.3 is 0 Å². The summed E-state index contributed by atoms with van der Waals surface area (Å²) in [6.45, 7) is 10.4. The molecule has 0 fully saturated rings. The van der Waals surface area contributed by atoms with E-state index < -0.39 is 0 Å². The van der Waals surface area contributed by atoms with E-state index in [1.54, 1.807) is 0 Å². The molecule has 0 rings (SSSR count). The maximum atomic E-state index is 3.76. The Morgan fingerprint density at radius 2 is 2.00 bits per heavy atom. The first kappa shape index (κ1) is 9.70. The van der Waals surface area contributed by atoms with Crippen molar-refractivity contribution < 1.29 is 0 Å². The molecule has 2 atom stereocenters. The SMILES string of the molecule is C=CC(C)N(C)C(C)CC. The van der Waals surface area contributed by atoms with Crippen molar-refractivity contribution in [2.45, 2.75) is 39.3 Å². The van der Waals surface area contributed by atoms with Crippen LogP contribution in [0.5, 0.6) is 0 Å². The Labute approximate surface area is 64.7 Å². The van der Waals surface area contributed by atoms with Gasteiger partial charge in [0.1, 0.15) is 0 Å². The van der Waals surface area contributed by atoms with Gasteiger partial charge in [-0.2, -0.15) is 0 Å². The standard InChI is InChI=1S/C9H19N/c1-6-8(3)10(5)9(4)7-2/h6,8-9H,1,7H2,2-5H3. The molecule has 0 aromatic carbocycles. The summed E-state index contributed by atoms with van der Waals surface area (Å²) in [5.74, 6) is 0. The van der Waals surface area contributed by atoms with Gasteiger partial charge in [0.2, 0.25) is 0 Å². The van der Waals surface area contributed by atoms with E-state index in [1.165, 1.54) is 6.42 Å². The lowest BCUT2D eigenvalue weighted by Crippen LogP contribution is -2.34. The zero-order chi connectivity index (χ0) is 8.15. The van der Waals surface area contributed by atoms with Gasteiger partial charge in [0, 0.05) is 12.1 Å². The van der Waals surface area contributed by atoms with Gasteiger partial charge in [0.25, 0.3) is 0 Å². The molecule has 0 aliphatic rings. The summed E-state index contributed by atoms with van der Waals surface area (Å²) in [7, 11) is 2.14. The molecule has 0 spiro atoms. The zero-order valence-corrected chi connectivity index (χ0v) is 7.59. The molecule has 0 saturated carbocycles. The van der Waals surface area contributed by atoms with Crippen LogP contribution < -0.4 is 0 Å². The quantitative estimate of drug-likeness (QED) is 0.543. The lowest BCUT2D eigenvalue weighted by molar-refractivity contribution is 0.222.